The summed E-state index contributed by atoms with van der Waals surface area (Å²) in [6.45, 7) is 0.849. The molecule has 0 aromatic rings. The van der Waals surface area contributed by atoms with E-state index < -0.39 is 5.41 Å². The van der Waals surface area contributed by atoms with Crippen molar-refractivity contribution >= 4 is 5.91 Å². The van der Waals surface area contributed by atoms with Crippen LogP contribution in [0, 0.1) is 22.7 Å². The van der Waals surface area contributed by atoms with Crippen molar-refractivity contribution in [3.8, 4) is 6.07 Å². The van der Waals surface area contributed by atoms with Crippen molar-refractivity contribution in [3.63, 3.8) is 0 Å². The number of carbonyl (C=O) groups excluding carboxylic acids is 1. The maximum Gasteiger partial charge on any atom is 0.242 e. The summed E-state index contributed by atoms with van der Waals surface area (Å²) in [4.78, 5) is 14.4. The predicted octanol–water partition coefficient (Wildman–Crippen LogP) is 3.11. The fourth-order valence-corrected chi connectivity index (χ4v) is 3.22. The Hall–Kier alpha value is -1.04. The minimum atomic E-state index is -0.713. The van der Waals surface area contributed by atoms with Crippen molar-refractivity contribution in [1.82, 2.24) is 4.90 Å². The zero-order valence-corrected chi connectivity index (χ0v) is 11.5. The average Bonchev–Trinajstić information content (AvgIpc) is 2.58. The molecule has 3 nitrogen and oxygen atoms in total. The molecule has 1 amide bonds. The van der Waals surface area contributed by atoms with Crippen molar-refractivity contribution in [2.45, 2.75) is 57.8 Å². The smallest absolute Gasteiger partial charge is 0.242 e. The van der Waals surface area contributed by atoms with Gasteiger partial charge in [-0.3, -0.25) is 4.79 Å². The quantitative estimate of drug-likeness (QED) is 0.720. The molecule has 0 aromatic heterocycles. The molecule has 2 fully saturated rings. The van der Waals surface area contributed by atoms with E-state index in [9.17, 15) is 10.1 Å². The van der Waals surface area contributed by atoms with Crippen LogP contribution < -0.4 is 0 Å². The number of rotatable bonds is 3. The lowest BCUT2D eigenvalue weighted by molar-refractivity contribution is -0.139. The first-order valence-corrected chi connectivity index (χ1v) is 7.35. The van der Waals surface area contributed by atoms with E-state index >= 15 is 0 Å². The Bertz CT molecular complexity index is 333. The molecule has 100 valence electrons. The second kappa shape index (κ2) is 5.73. The van der Waals surface area contributed by atoms with Gasteiger partial charge in [-0.15, -0.1) is 0 Å². The average molecular weight is 248 g/mol. The van der Waals surface area contributed by atoms with Crippen LogP contribution in [0.15, 0.2) is 0 Å². The molecule has 0 saturated heterocycles. The minimum Gasteiger partial charge on any atom is -0.344 e. The standard InChI is InChI=1S/C15H24N2O/c1-17(11-13-7-6-8-13)14(18)15(12-16)9-4-2-3-5-10-15/h13H,2-11H2,1H3. The summed E-state index contributed by atoms with van der Waals surface area (Å²) in [7, 11) is 1.88. The molecule has 0 aliphatic heterocycles. The van der Waals surface area contributed by atoms with Gasteiger partial charge in [-0.05, 0) is 31.6 Å². The number of amides is 1. The maximum atomic E-state index is 12.6. The summed E-state index contributed by atoms with van der Waals surface area (Å²) in [5, 5.41) is 9.49. The molecule has 0 spiro atoms. The highest BCUT2D eigenvalue weighted by Gasteiger charge is 2.41. The molecule has 0 N–H and O–H groups in total. The molecular weight excluding hydrogens is 224 g/mol. The molecule has 0 bridgehead atoms. The maximum absolute atomic E-state index is 12.6. The third-order valence-electron chi connectivity index (χ3n) is 4.68. The van der Waals surface area contributed by atoms with E-state index in [1.165, 1.54) is 32.1 Å². The third-order valence-corrected chi connectivity index (χ3v) is 4.68. The molecule has 0 heterocycles. The first-order valence-electron chi connectivity index (χ1n) is 7.35. The van der Waals surface area contributed by atoms with Gasteiger partial charge in [0.2, 0.25) is 5.91 Å². The van der Waals surface area contributed by atoms with Crippen LogP contribution in [0.25, 0.3) is 0 Å². The highest BCUT2D eigenvalue weighted by molar-refractivity contribution is 5.85. The molecule has 2 rings (SSSR count). The fourth-order valence-electron chi connectivity index (χ4n) is 3.22. The lowest BCUT2D eigenvalue weighted by Gasteiger charge is -2.34. The summed E-state index contributed by atoms with van der Waals surface area (Å²) in [5.41, 5.74) is -0.713. The van der Waals surface area contributed by atoms with E-state index in [2.05, 4.69) is 6.07 Å². The molecule has 2 aliphatic rings. The number of hydrogen-bond acceptors (Lipinski definition) is 2. The van der Waals surface area contributed by atoms with E-state index in [0.717, 1.165) is 32.2 Å². The van der Waals surface area contributed by atoms with E-state index in [1.807, 2.05) is 11.9 Å². The Morgan fingerprint density at radius 3 is 2.28 bits per heavy atom. The molecule has 2 aliphatic carbocycles. The summed E-state index contributed by atoms with van der Waals surface area (Å²) >= 11 is 0. The van der Waals surface area contributed by atoms with Crippen LogP contribution in [0.4, 0.5) is 0 Å². The topological polar surface area (TPSA) is 44.1 Å². The highest BCUT2D eigenvalue weighted by atomic mass is 16.2. The zero-order valence-electron chi connectivity index (χ0n) is 11.5. The monoisotopic (exact) mass is 248 g/mol. The van der Waals surface area contributed by atoms with E-state index in [1.54, 1.807) is 0 Å². The van der Waals surface area contributed by atoms with Gasteiger partial charge in [0, 0.05) is 13.6 Å². The van der Waals surface area contributed by atoms with Gasteiger partial charge in [-0.1, -0.05) is 32.1 Å². The van der Waals surface area contributed by atoms with Gasteiger partial charge in [0.25, 0.3) is 0 Å². The molecule has 2 saturated carbocycles. The Kier molecular flexibility index (Phi) is 4.27. The van der Waals surface area contributed by atoms with Crippen LogP contribution in [-0.4, -0.2) is 24.4 Å². The van der Waals surface area contributed by atoms with Crippen molar-refractivity contribution in [2.75, 3.05) is 13.6 Å². The first-order chi connectivity index (χ1) is 8.68. The summed E-state index contributed by atoms with van der Waals surface area (Å²) in [6.07, 6.45) is 9.71. The van der Waals surface area contributed by atoms with Gasteiger partial charge in [0.1, 0.15) is 5.41 Å². The van der Waals surface area contributed by atoms with Gasteiger partial charge >= 0.3 is 0 Å². The zero-order chi connectivity index (χ0) is 13.0. The minimum absolute atomic E-state index is 0.0822. The van der Waals surface area contributed by atoms with Crippen molar-refractivity contribution < 1.29 is 4.79 Å². The number of hydrogen-bond donors (Lipinski definition) is 0. The van der Waals surface area contributed by atoms with Crippen LogP contribution in [0.2, 0.25) is 0 Å². The van der Waals surface area contributed by atoms with Crippen molar-refractivity contribution in [1.29, 1.82) is 5.26 Å². The molecule has 0 atom stereocenters. The SMILES string of the molecule is CN(CC1CCC1)C(=O)C1(C#N)CCCCCC1. The second-order valence-electron chi connectivity index (χ2n) is 6.09. The second-order valence-corrected chi connectivity index (χ2v) is 6.09. The number of nitriles is 1. The van der Waals surface area contributed by atoms with Crippen LogP contribution in [0.3, 0.4) is 0 Å². The fraction of sp³-hybridized carbons (Fsp3) is 0.867. The van der Waals surface area contributed by atoms with E-state index in [0.29, 0.717) is 5.92 Å². The van der Waals surface area contributed by atoms with Crippen LogP contribution >= 0.6 is 0 Å². The molecule has 0 aromatic carbocycles. The Labute approximate surface area is 110 Å². The highest BCUT2D eigenvalue weighted by Crippen LogP contribution is 2.37. The van der Waals surface area contributed by atoms with Gasteiger partial charge in [-0.25, -0.2) is 0 Å². The van der Waals surface area contributed by atoms with E-state index in [-0.39, 0.29) is 5.91 Å². The molecule has 3 heteroatoms. The predicted molar refractivity (Wildman–Crippen MR) is 70.7 cm³/mol. The Balaban J connectivity index is 2.00. The largest absolute Gasteiger partial charge is 0.344 e. The Morgan fingerprint density at radius 1 is 1.22 bits per heavy atom. The van der Waals surface area contributed by atoms with Crippen LogP contribution in [0.5, 0.6) is 0 Å². The molecular formula is C15H24N2O. The summed E-state index contributed by atoms with van der Waals surface area (Å²) in [6, 6.07) is 2.36. The number of nitrogens with zero attached hydrogens (tertiary/aromatic N) is 2. The molecule has 18 heavy (non-hydrogen) atoms. The normalized spacial score (nSPS) is 23.6. The molecule has 0 unspecified atom stereocenters. The summed E-state index contributed by atoms with van der Waals surface area (Å²) < 4.78 is 0. The van der Waals surface area contributed by atoms with Crippen LogP contribution in [-0.2, 0) is 4.79 Å². The van der Waals surface area contributed by atoms with Crippen LogP contribution in [0.1, 0.15) is 57.8 Å². The Morgan fingerprint density at radius 2 is 1.83 bits per heavy atom. The van der Waals surface area contributed by atoms with Gasteiger partial charge in [0.05, 0.1) is 6.07 Å². The number of carbonyl (C=O) groups is 1. The summed E-state index contributed by atoms with van der Waals surface area (Å²) in [5.74, 6) is 0.763. The molecule has 0 radical (unpaired) electrons. The lowest BCUT2D eigenvalue weighted by Crippen LogP contribution is -2.44. The van der Waals surface area contributed by atoms with Crippen molar-refractivity contribution in [3.05, 3.63) is 0 Å². The van der Waals surface area contributed by atoms with E-state index in [4.69, 9.17) is 0 Å². The first kappa shape index (κ1) is 13.4. The van der Waals surface area contributed by atoms with Gasteiger partial charge in [0.15, 0.2) is 0 Å². The van der Waals surface area contributed by atoms with Gasteiger partial charge in [-0.2, -0.15) is 5.26 Å². The lowest BCUT2D eigenvalue weighted by atomic mass is 9.79. The third kappa shape index (κ3) is 2.68. The van der Waals surface area contributed by atoms with Crippen molar-refractivity contribution in [2.24, 2.45) is 11.3 Å². The van der Waals surface area contributed by atoms with Gasteiger partial charge < -0.3 is 4.90 Å².